The molecule has 2 aromatic carbocycles. The number of sulfonamides is 1. The second-order valence-electron chi connectivity index (χ2n) is 6.19. The van der Waals surface area contributed by atoms with Crippen LogP contribution < -0.4 is 14.4 Å². The minimum Gasteiger partial charge on any atom is -0.454 e. The largest absolute Gasteiger partial charge is 0.454 e. The zero-order chi connectivity index (χ0) is 19.5. The summed E-state index contributed by atoms with van der Waals surface area (Å²) >= 11 is 0. The molecule has 7 heteroatoms. The van der Waals surface area contributed by atoms with E-state index in [1.165, 1.54) is 12.1 Å². The number of nitrogens with two attached hydrogens (primary N) is 1. The van der Waals surface area contributed by atoms with Crippen molar-refractivity contribution < 1.29 is 17.5 Å². The Morgan fingerprint density at radius 2 is 1.96 bits per heavy atom. The van der Waals surface area contributed by atoms with Gasteiger partial charge in [-0.2, -0.15) is 12.3 Å². The summed E-state index contributed by atoms with van der Waals surface area (Å²) in [5.74, 6) is -0.0812. The summed E-state index contributed by atoms with van der Waals surface area (Å²) < 4.78 is 45.2. The molecule has 0 aliphatic carbocycles. The number of benzene rings is 2. The van der Waals surface area contributed by atoms with Crippen LogP contribution in [-0.2, 0) is 10.0 Å². The minimum atomic E-state index is -3.55. The van der Waals surface area contributed by atoms with Crippen LogP contribution in [0, 0.1) is 5.82 Å². The average molecular weight is 389 g/mol. The predicted octanol–water partition coefficient (Wildman–Crippen LogP) is 3.69. The van der Waals surface area contributed by atoms with E-state index < -0.39 is 15.8 Å². The van der Waals surface area contributed by atoms with Gasteiger partial charge in [-0.1, -0.05) is 24.3 Å². The highest BCUT2D eigenvalue weighted by Crippen LogP contribution is 2.36. The summed E-state index contributed by atoms with van der Waals surface area (Å²) in [5.41, 5.74) is 6.99. The molecule has 0 amide bonds. The number of hydrogen-bond donors (Lipinski definition) is 1. The first-order chi connectivity index (χ1) is 12.9. The summed E-state index contributed by atoms with van der Waals surface area (Å²) in [6, 6.07) is 12.8. The summed E-state index contributed by atoms with van der Waals surface area (Å²) in [4.78, 5) is 0. The SMILES string of the molecule is CCS(=O)(=O)[N+]1(c2cccc(Oc3ccccc3F)c2)C=C(CN)C=CC1. The second-order valence-corrected chi connectivity index (χ2v) is 8.58. The van der Waals surface area contributed by atoms with Crippen LogP contribution in [0.1, 0.15) is 6.92 Å². The average Bonchev–Trinajstić information content (AvgIpc) is 2.70. The van der Waals surface area contributed by atoms with Crippen molar-refractivity contribution >= 4 is 15.7 Å². The Hall–Kier alpha value is -2.48. The van der Waals surface area contributed by atoms with Gasteiger partial charge in [0.1, 0.15) is 18.5 Å². The molecule has 142 valence electrons. The molecular weight excluding hydrogens is 367 g/mol. The lowest BCUT2D eigenvalue weighted by Gasteiger charge is -2.34. The first-order valence-electron chi connectivity index (χ1n) is 8.64. The van der Waals surface area contributed by atoms with Gasteiger partial charge < -0.3 is 10.5 Å². The first-order valence-corrected chi connectivity index (χ1v) is 10.2. The molecule has 0 aromatic heterocycles. The van der Waals surface area contributed by atoms with Crippen LogP contribution in [0.4, 0.5) is 10.1 Å². The van der Waals surface area contributed by atoms with Crippen molar-refractivity contribution in [3.05, 3.63) is 78.3 Å². The highest BCUT2D eigenvalue weighted by molar-refractivity contribution is 7.91. The van der Waals surface area contributed by atoms with E-state index in [-0.39, 0.29) is 28.5 Å². The van der Waals surface area contributed by atoms with Gasteiger partial charge in [0.05, 0.1) is 5.75 Å². The third kappa shape index (κ3) is 3.66. The lowest BCUT2D eigenvalue weighted by molar-refractivity contribution is 0.440. The number of halogens is 1. The third-order valence-electron chi connectivity index (χ3n) is 4.50. The van der Waals surface area contributed by atoms with Gasteiger partial charge in [-0.3, -0.25) is 0 Å². The van der Waals surface area contributed by atoms with Crippen LogP contribution >= 0.6 is 0 Å². The number of rotatable bonds is 6. The maximum absolute atomic E-state index is 13.9. The molecule has 0 fully saturated rings. The fourth-order valence-corrected chi connectivity index (χ4v) is 4.55. The number of hydrogen-bond acceptors (Lipinski definition) is 4. The maximum atomic E-state index is 13.9. The van der Waals surface area contributed by atoms with E-state index in [0.717, 1.165) is 5.57 Å². The number of ether oxygens (including phenoxy) is 1. The Bertz CT molecular complexity index is 1000. The Labute approximate surface area is 158 Å². The van der Waals surface area contributed by atoms with Gasteiger partial charge in [-0.25, -0.2) is 4.39 Å². The lowest BCUT2D eigenvalue weighted by Crippen LogP contribution is -2.51. The molecule has 0 saturated carbocycles. The monoisotopic (exact) mass is 389 g/mol. The van der Waals surface area contributed by atoms with Gasteiger partial charge in [-0.15, -0.1) is 0 Å². The van der Waals surface area contributed by atoms with Crippen molar-refractivity contribution in [1.82, 2.24) is 3.89 Å². The highest BCUT2D eigenvalue weighted by atomic mass is 32.2. The number of para-hydroxylation sites is 1. The van der Waals surface area contributed by atoms with Crippen molar-refractivity contribution in [3.8, 4) is 11.5 Å². The van der Waals surface area contributed by atoms with E-state index in [1.807, 2.05) is 6.08 Å². The van der Waals surface area contributed by atoms with E-state index in [0.29, 0.717) is 11.4 Å². The highest BCUT2D eigenvalue weighted by Gasteiger charge is 2.42. The molecule has 1 unspecified atom stereocenters. The van der Waals surface area contributed by atoms with E-state index >= 15 is 0 Å². The quantitative estimate of drug-likeness (QED) is 0.765. The molecule has 3 rings (SSSR count). The van der Waals surface area contributed by atoms with Crippen LogP contribution in [-0.4, -0.2) is 27.3 Å². The zero-order valence-corrected chi connectivity index (χ0v) is 15.8. The van der Waals surface area contributed by atoms with Crippen molar-refractivity contribution in [2.24, 2.45) is 5.73 Å². The molecule has 1 heterocycles. The molecule has 0 radical (unpaired) electrons. The molecule has 1 aliphatic rings. The van der Waals surface area contributed by atoms with Crippen molar-refractivity contribution in [1.29, 1.82) is 0 Å². The van der Waals surface area contributed by atoms with Gasteiger partial charge in [-0.05, 0) is 31.2 Å². The Kier molecular flexibility index (Phi) is 5.46. The van der Waals surface area contributed by atoms with Gasteiger partial charge >= 0.3 is 10.0 Å². The van der Waals surface area contributed by atoms with Crippen LogP contribution in [0.15, 0.2) is 72.5 Å². The summed E-state index contributed by atoms with van der Waals surface area (Å²) in [6.45, 7) is 2.10. The maximum Gasteiger partial charge on any atom is 0.306 e. The van der Waals surface area contributed by atoms with Crippen molar-refractivity contribution in [3.63, 3.8) is 0 Å². The van der Waals surface area contributed by atoms with Crippen molar-refractivity contribution in [2.45, 2.75) is 6.92 Å². The van der Waals surface area contributed by atoms with Crippen LogP contribution in [0.25, 0.3) is 0 Å². The van der Waals surface area contributed by atoms with E-state index in [2.05, 4.69) is 0 Å². The van der Waals surface area contributed by atoms with Crippen molar-refractivity contribution in [2.75, 3.05) is 18.8 Å². The van der Waals surface area contributed by atoms with Gasteiger partial charge in [0.2, 0.25) is 0 Å². The summed E-state index contributed by atoms with van der Waals surface area (Å²) in [5, 5.41) is 0. The van der Waals surface area contributed by atoms with Gasteiger partial charge in [0.25, 0.3) is 0 Å². The Morgan fingerprint density at radius 1 is 1.19 bits per heavy atom. The second kappa shape index (κ2) is 7.64. The fourth-order valence-electron chi connectivity index (χ4n) is 3.05. The molecule has 0 saturated heterocycles. The van der Waals surface area contributed by atoms with E-state index in [4.69, 9.17) is 10.5 Å². The van der Waals surface area contributed by atoms with Gasteiger partial charge in [0.15, 0.2) is 17.3 Å². The zero-order valence-electron chi connectivity index (χ0n) is 15.0. The molecule has 0 spiro atoms. The summed E-state index contributed by atoms with van der Waals surface area (Å²) in [7, 11) is -3.55. The number of nitrogens with zero attached hydrogens (tertiary/aromatic N) is 1. The Morgan fingerprint density at radius 3 is 2.67 bits per heavy atom. The predicted molar refractivity (Wildman–Crippen MR) is 105 cm³/mol. The molecule has 27 heavy (non-hydrogen) atoms. The normalized spacial score (nSPS) is 19.6. The van der Waals surface area contributed by atoms with Gasteiger partial charge in [0, 0.05) is 24.3 Å². The smallest absolute Gasteiger partial charge is 0.306 e. The molecule has 1 atom stereocenters. The molecule has 5 nitrogen and oxygen atoms in total. The molecular formula is C20H22FN2O3S+. The first kappa shape index (κ1) is 19.3. The molecule has 2 N–H and O–H groups in total. The van der Waals surface area contributed by atoms with E-state index in [9.17, 15) is 12.8 Å². The third-order valence-corrected chi connectivity index (χ3v) is 6.69. The van der Waals surface area contributed by atoms with Crippen LogP contribution in [0.5, 0.6) is 11.5 Å². The van der Waals surface area contributed by atoms with Crippen LogP contribution in [0.2, 0.25) is 0 Å². The Balaban J connectivity index is 2.08. The number of quaternary nitrogens is 1. The standard InChI is InChI=1S/C20H22FN2O3S/c1-2-27(24,25)23(12-6-7-16(14-22)15-23)17-8-5-9-18(13-17)26-20-11-4-3-10-19(20)21/h3-11,13,15H,2,12,14,22H2,1H3/q+1. The fraction of sp³-hybridized carbons (Fsp3) is 0.200. The lowest BCUT2D eigenvalue weighted by atomic mass is 10.2. The minimum absolute atomic E-state index is 0.0341. The summed E-state index contributed by atoms with van der Waals surface area (Å²) in [6.07, 6.45) is 5.31. The molecule has 1 aliphatic heterocycles. The van der Waals surface area contributed by atoms with E-state index in [1.54, 1.807) is 55.6 Å². The topological polar surface area (TPSA) is 69.4 Å². The van der Waals surface area contributed by atoms with Crippen LogP contribution in [0.3, 0.4) is 0 Å². The molecule has 0 bridgehead atoms. The molecule has 2 aromatic rings.